The molecular weight excluding hydrogens is 152 g/mol. The van der Waals surface area contributed by atoms with Crippen LogP contribution in [0.15, 0.2) is 12.4 Å². The lowest BCUT2D eigenvalue weighted by molar-refractivity contribution is 0.199. The number of aromatic nitrogens is 2. The highest BCUT2D eigenvalue weighted by Crippen LogP contribution is 2.10. The molecule has 1 N–H and O–H groups in total. The van der Waals surface area contributed by atoms with Gasteiger partial charge in [0.2, 0.25) is 0 Å². The molecule has 68 valence electrons. The van der Waals surface area contributed by atoms with E-state index in [0.717, 1.165) is 12.1 Å². The molecule has 0 saturated heterocycles. The maximum Gasteiger partial charge on any atom is 0.0792 e. The fourth-order valence-electron chi connectivity index (χ4n) is 1.07. The Balaban J connectivity index is 2.64. The van der Waals surface area contributed by atoms with Crippen LogP contribution in [0.5, 0.6) is 0 Å². The summed E-state index contributed by atoms with van der Waals surface area (Å²) >= 11 is 0. The zero-order valence-electron chi connectivity index (χ0n) is 7.86. The molecule has 0 bridgehead atoms. The third-order valence-electron chi connectivity index (χ3n) is 1.69. The van der Waals surface area contributed by atoms with Crippen LogP contribution >= 0.6 is 0 Å². The van der Waals surface area contributed by atoms with Gasteiger partial charge in [-0.3, -0.25) is 4.68 Å². The Morgan fingerprint density at radius 2 is 2.17 bits per heavy atom. The van der Waals surface area contributed by atoms with E-state index in [1.54, 1.807) is 13.1 Å². The Morgan fingerprint density at radius 3 is 2.58 bits per heavy atom. The first kappa shape index (κ1) is 9.26. The molecule has 1 heterocycles. The van der Waals surface area contributed by atoms with Crippen molar-refractivity contribution in [2.45, 2.75) is 33.4 Å². The van der Waals surface area contributed by atoms with Crippen LogP contribution in [0.2, 0.25) is 0 Å². The molecule has 0 spiro atoms. The predicted molar refractivity (Wildman–Crippen MR) is 47.7 cm³/mol. The summed E-state index contributed by atoms with van der Waals surface area (Å²) in [6.45, 7) is 6.94. The fourth-order valence-corrected chi connectivity index (χ4v) is 1.07. The Kier molecular flexibility index (Phi) is 2.87. The minimum absolute atomic E-state index is 0.411. The van der Waals surface area contributed by atoms with Crippen molar-refractivity contribution in [3.63, 3.8) is 0 Å². The highest BCUT2D eigenvalue weighted by atomic mass is 16.3. The number of hydrogen-bond acceptors (Lipinski definition) is 2. The number of aliphatic hydroxyl groups excluding tert-OH is 1. The molecule has 0 aromatic carbocycles. The zero-order valence-corrected chi connectivity index (χ0v) is 7.86. The summed E-state index contributed by atoms with van der Waals surface area (Å²) in [6.07, 6.45) is 3.20. The Labute approximate surface area is 73.0 Å². The molecular formula is C9H16N2O. The van der Waals surface area contributed by atoms with Gasteiger partial charge in [-0.15, -0.1) is 0 Å². The van der Waals surface area contributed by atoms with Crippen molar-refractivity contribution >= 4 is 0 Å². The molecule has 0 amide bonds. The van der Waals surface area contributed by atoms with E-state index < -0.39 is 6.10 Å². The van der Waals surface area contributed by atoms with Crippen LogP contribution in [0.3, 0.4) is 0 Å². The van der Waals surface area contributed by atoms with E-state index in [-0.39, 0.29) is 0 Å². The van der Waals surface area contributed by atoms with Gasteiger partial charge in [-0.1, -0.05) is 13.8 Å². The van der Waals surface area contributed by atoms with Gasteiger partial charge < -0.3 is 5.11 Å². The molecule has 0 aliphatic heterocycles. The quantitative estimate of drug-likeness (QED) is 0.744. The largest absolute Gasteiger partial charge is 0.389 e. The van der Waals surface area contributed by atoms with Crippen LogP contribution in [0.25, 0.3) is 0 Å². The second-order valence-corrected chi connectivity index (χ2v) is 3.57. The third-order valence-corrected chi connectivity index (χ3v) is 1.69. The van der Waals surface area contributed by atoms with Gasteiger partial charge in [-0.25, -0.2) is 0 Å². The normalized spacial score (nSPS) is 13.8. The minimum Gasteiger partial charge on any atom is -0.389 e. The second kappa shape index (κ2) is 3.72. The Bertz CT molecular complexity index is 240. The molecule has 1 atom stereocenters. The van der Waals surface area contributed by atoms with Crippen LogP contribution in [0.4, 0.5) is 0 Å². The number of rotatable bonds is 3. The van der Waals surface area contributed by atoms with Gasteiger partial charge in [-0.2, -0.15) is 5.10 Å². The average Bonchev–Trinajstić information content (AvgIpc) is 2.34. The van der Waals surface area contributed by atoms with Gasteiger partial charge in [0.15, 0.2) is 0 Å². The lowest BCUT2D eigenvalue weighted by Gasteiger charge is -2.03. The van der Waals surface area contributed by atoms with Crippen LogP contribution in [-0.2, 0) is 6.54 Å². The van der Waals surface area contributed by atoms with E-state index in [0.29, 0.717) is 5.92 Å². The molecule has 12 heavy (non-hydrogen) atoms. The van der Waals surface area contributed by atoms with Crippen LogP contribution in [0.1, 0.15) is 32.4 Å². The summed E-state index contributed by atoms with van der Waals surface area (Å²) in [5, 5.41) is 13.4. The first-order chi connectivity index (χ1) is 5.59. The van der Waals surface area contributed by atoms with Gasteiger partial charge in [0, 0.05) is 18.3 Å². The van der Waals surface area contributed by atoms with Crippen molar-refractivity contribution in [2.24, 2.45) is 5.92 Å². The monoisotopic (exact) mass is 168 g/mol. The third kappa shape index (κ3) is 2.34. The zero-order chi connectivity index (χ0) is 9.14. The molecule has 0 fully saturated rings. The number of aliphatic hydroxyl groups is 1. The molecule has 0 radical (unpaired) electrons. The maximum absolute atomic E-state index is 9.22. The molecule has 3 heteroatoms. The van der Waals surface area contributed by atoms with E-state index >= 15 is 0 Å². The smallest absolute Gasteiger partial charge is 0.0792 e. The summed E-state index contributed by atoms with van der Waals surface area (Å²) in [4.78, 5) is 0. The van der Waals surface area contributed by atoms with E-state index in [2.05, 4.69) is 18.9 Å². The van der Waals surface area contributed by atoms with E-state index in [1.165, 1.54) is 0 Å². The maximum atomic E-state index is 9.22. The highest BCUT2D eigenvalue weighted by molar-refractivity contribution is 5.06. The van der Waals surface area contributed by atoms with Crippen LogP contribution in [-0.4, -0.2) is 14.9 Å². The summed E-state index contributed by atoms with van der Waals surface area (Å²) in [7, 11) is 0. The van der Waals surface area contributed by atoms with Crippen molar-refractivity contribution in [3.05, 3.63) is 18.0 Å². The Morgan fingerprint density at radius 1 is 1.50 bits per heavy atom. The van der Waals surface area contributed by atoms with Gasteiger partial charge in [0.25, 0.3) is 0 Å². The van der Waals surface area contributed by atoms with E-state index in [1.807, 2.05) is 10.9 Å². The lowest BCUT2D eigenvalue weighted by atomic mass is 10.2. The fraction of sp³-hybridized carbons (Fsp3) is 0.667. The number of nitrogens with zero attached hydrogens (tertiary/aromatic N) is 2. The van der Waals surface area contributed by atoms with Crippen molar-refractivity contribution in [2.75, 3.05) is 0 Å². The average molecular weight is 168 g/mol. The Hall–Kier alpha value is -0.830. The van der Waals surface area contributed by atoms with E-state index in [4.69, 9.17) is 0 Å². The molecule has 0 unspecified atom stereocenters. The van der Waals surface area contributed by atoms with Crippen molar-refractivity contribution in [3.8, 4) is 0 Å². The van der Waals surface area contributed by atoms with Gasteiger partial charge in [-0.05, 0) is 12.8 Å². The summed E-state index contributed by atoms with van der Waals surface area (Å²) in [5.41, 5.74) is 0.885. The molecule has 0 aliphatic carbocycles. The second-order valence-electron chi connectivity index (χ2n) is 3.57. The van der Waals surface area contributed by atoms with Crippen molar-refractivity contribution in [1.29, 1.82) is 0 Å². The van der Waals surface area contributed by atoms with Gasteiger partial charge >= 0.3 is 0 Å². The van der Waals surface area contributed by atoms with E-state index in [9.17, 15) is 5.11 Å². The van der Waals surface area contributed by atoms with Crippen LogP contribution < -0.4 is 0 Å². The van der Waals surface area contributed by atoms with Gasteiger partial charge in [0.05, 0.1) is 12.3 Å². The molecule has 0 saturated carbocycles. The SMILES string of the molecule is CC(C)Cn1cc([C@@H](C)O)cn1. The number of hydrogen-bond donors (Lipinski definition) is 1. The van der Waals surface area contributed by atoms with Crippen LogP contribution in [0, 0.1) is 5.92 Å². The first-order valence-corrected chi connectivity index (χ1v) is 4.30. The van der Waals surface area contributed by atoms with Gasteiger partial charge in [0.1, 0.15) is 0 Å². The van der Waals surface area contributed by atoms with Crippen molar-refractivity contribution in [1.82, 2.24) is 9.78 Å². The summed E-state index contributed by atoms with van der Waals surface area (Å²) in [5.74, 6) is 0.590. The molecule has 1 rings (SSSR count). The predicted octanol–water partition coefficient (Wildman–Crippen LogP) is 1.59. The summed E-state index contributed by atoms with van der Waals surface area (Å²) < 4.78 is 1.87. The van der Waals surface area contributed by atoms with Crippen molar-refractivity contribution < 1.29 is 5.11 Å². The minimum atomic E-state index is -0.411. The highest BCUT2D eigenvalue weighted by Gasteiger charge is 2.04. The molecule has 3 nitrogen and oxygen atoms in total. The first-order valence-electron chi connectivity index (χ1n) is 4.30. The molecule has 0 aliphatic rings. The lowest BCUT2D eigenvalue weighted by Crippen LogP contribution is -2.04. The summed E-state index contributed by atoms with van der Waals surface area (Å²) in [6, 6.07) is 0. The molecule has 1 aromatic heterocycles. The molecule has 1 aromatic rings. The standard InChI is InChI=1S/C9H16N2O/c1-7(2)5-11-6-9(4-10-11)8(3)12/h4,6-8,12H,5H2,1-3H3/t8-/m1/s1. The topological polar surface area (TPSA) is 38.0 Å².